The summed E-state index contributed by atoms with van der Waals surface area (Å²) in [6.07, 6.45) is 0. The number of halogens is 2. The summed E-state index contributed by atoms with van der Waals surface area (Å²) in [5, 5.41) is 4.95. The van der Waals surface area contributed by atoms with Crippen molar-refractivity contribution in [2.24, 2.45) is 0 Å². The summed E-state index contributed by atoms with van der Waals surface area (Å²) in [7, 11) is 0. The van der Waals surface area contributed by atoms with Crippen LogP contribution in [0.1, 0.15) is 0 Å². The molecule has 5 heteroatoms. The highest BCUT2D eigenvalue weighted by Gasteiger charge is 1.95. The molecule has 3 nitrogen and oxygen atoms in total. The van der Waals surface area contributed by atoms with Gasteiger partial charge >= 0.3 is 0 Å². The summed E-state index contributed by atoms with van der Waals surface area (Å²) >= 11 is 2.82. The molecule has 0 aliphatic carbocycles. The first kappa shape index (κ1) is 6.41. The smallest absolute Gasteiger partial charge is 0.267 e. The van der Waals surface area contributed by atoms with Crippen LogP contribution in [0, 0.1) is 5.95 Å². The zero-order valence-corrected chi connectivity index (χ0v) is 5.77. The van der Waals surface area contributed by atoms with E-state index >= 15 is 0 Å². The Labute approximate surface area is 58.0 Å². The second-order valence-corrected chi connectivity index (χ2v) is 2.22. The van der Waals surface area contributed by atoms with Crippen molar-refractivity contribution in [3.8, 4) is 0 Å². The summed E-state index contributed by atoms with van der Waals surface area (Å²) in [5.74, 6) is -0.707. The maximum absolute atomic E-state index is 12.0. The SMILES string of the molecule is O=c1[nH]nc(F)cc1Br. The zero-order valence-electron chi connectivity index (χ0n) is 4.19. The first-order valence-electron chi connectivity index (χ1n) is 2.11. The van der Waals surface area contributed by atoms with Gasteiger partial charge in [-0.15, -0.1) is 5.10 Å². The highest BCUT2D eigenvalue weighted by molar-refractivity contribution is 9.10. The van der Waals surface area contributed by atoms with Gasteiger partial charge in [-0.2, -0.15) is 4.39 Å². The van der Waals surface area contributed by atoms with Crippen molar-refractivity contribution < 1.29 is 4.39 Å². The number of hydrogen-bond donors (Lipinski definition) is 1. The van der Waals surface area contributed by atoms with Gasteiger partial charge in [-0.1, -0.05) is 0 Å². The topological polar surface area (TPSA) is 45.8 Å². The largest absolute Gasteiger partial charge is 0.278 e. The van der Waals surface area contributed by atoms with Gasteiger partial charge in [0.15, 0.2) is 0 Å². The molecule has 1 N–H and O–H groups in total. The van der Waals surface area contributed by atoms with Crippen LogP contribution in [0.3, 0.4) is 0 Å². The van der Waals surface area contributed by atoms with Crippen LogP contribution in [0.2, 0.25) is 0 Å². The van der Waals surface area contributed by atoms with Gasteiger partial charge in [0.05, 0.1) is 4.47 Å². The lowest BCUT2D eigenvalue weighted by atomic mass is 10.6. The molecule has 0 aliphatic rings. The predicted molar refractivity (Wildman–Crippen MR) is 32.5 cm³/mol. The van der Waals surface area contributed by atoms with Crippen LogP contribution in [0.15, 0.2) is 15.3 Å². The Hall–Kier alpha value is -0.710. The Bertz CT molecular complexity index is 272. The zero-order chi connectivity index (χ0) is 6.85. The Morgan fingerprint density at radius 3 is 2.89 bits per heavy atom. The minimum absolute atomic E-state index is 0.148. The first-order valence-corrected chi connectivity index (χ1v) is 2.90. The van der Waals surface area contributed by atoms with E-state index in [4.69, 9.17) is 0 Å². The van der Waals surface area contributed by atoms with E-state index in [0.717, 1.165) is 6.07 Å². The first-order chi connectivity index (χ1) is 4.20. The van der Waals surface area contributed by atoms with E-state index in [0.29, 0.717) is 0 Å². The van der Waals surface area contributed by atoms with E-state index in [1.807, 2.05) is 5.10 Å². The molecule has 1 rings (SSSR count). The molecule has 0 saturated heterocycles. The van der Waals surface area contributed by atoms with Gasteiger partial charge < -0.3 is 0 Å². The molecule has 0 spiro atoms. The van der Waals surface area contributed by atoms with Crippen LogP contribution in [0.5, 0.6) is 0 Å². The molecule has 0 unspecified atom stereocenters. The molecule has 0 atom stereocenters. The number of rotatable bonds is 0. The number of nitrogens with one attached hydrogen (secondary N) is 1. The Morgan fingerprint density at radius 2 is 2.44 bits per heavy atom. The molecule has 0 amide bonds. The van der Waals surface area contributed by atoms with Crippen molar-refractivity contribution >= 4 is 15.9 Å². The summed E-state index contributed by atoms with van der Waals surface area (Å²) in [6, 6.07) is 0.999. The summed E-state index contributed by atoms with van der Waals surface area (Å²) in [4.78, 5) is 10.4. The molecule has 0 aromatic carbocycles. The number of H-pyrrole nitrogens is 1. The van der Waals surface area contributed by atoms with Crippen molar-refractivity contribution in [2.45, 2.75) is 0 Å². The average Bonchev–Trinajstić information content (AvgIpc) is 1.80. The molecule has 0 bridgehead atoms. The lowest BCUT2D eigenvalue weighted by Crippen LogP contribution is -2.09. The van der Waals surface area contributed by atoms with Crippen LogP contribution in [-0.4, -0.2) is 10.2 Å². The fourth-order valence-corrected chi connectivity index (χ4v) is 0.638. The quantitative estimate of drug-likeness (QED) is 0.658. The fraction of sp³-hybridized carbons (Fsp3) is 0. The van der Waals surface area contributed by atoms with Crippen LogP contribution in [0.25, 0.3) is 0 Å². The van der Waals surface area contributed by atoms with E-state index in [2.05, 4.69) is 21.0 Å². The maximum Gasteiger partial charge on any atom is 0.278 e. The van der Waals surface area contributed by atoms with Crippen molar-refractivity contribution in [3.05, 3.63) is 26.8 Å². The second kappa shape index (κ2) is 2.26. The van der Waals surface area contributed by atoms with Crippen molar-refractivity contribution in [3.63, 3.8) is 0 Å². The van der Waals surface area contributed by atoms with Gasteiger partial charge in [0.25, 0.3) is 5.56 Å². The van der Waals surface area contributed by atoms with Gasteiger partial charge in [-0.3, -0.25) is 4.79 Å². The summed E-state index contributed by atoms with van der Waals surface area (Å²) < 4.78 is 12.2. The third-order valence-electron chi connectivity index (χ3n) is 0.727. The van der Waals surface area contributed by atoms with Gasteiger partial charge in [0.2, 0.25) is 5.95 Å². The normalized spacial score (nSPS) is 9.56. The van der Waals surface area contributed by atoms with E-state index in [-0.39, 0.29) is 4.47 Å². The van der Waals surface area contributed by atoms with Gasteiger partial charge in [0, 0.05) is 6.07 Å². The van der Waals surface area contributed by atoms with Gasteiger partial charge in [-0.05, 0) is 15.9 Å². The standard InChI is InChI=1S/C4H2BrFN2O/c5-2-1-3(6)7-8-4(2)9/h1H,(H,8,9). The minimum Gasteiger partial charge on any atom is -0.267 e. The van der Waals surface area contributed by atoms with E-state index < -0.39 is 11.5 Å². The van der Waals surface area contributed by atoms with Crippen molar-refractivity contribution in [1.29, 1.82) is 0 Å². The molecule has 9 heavy (non-hydrogen) atoms. The Balaban J connectivity index is 3.34. The second-order valence-electron chi connectivity index (χ2n) is 1.37. The lowest BCUT2D eigenvalue weighted by molar-refractivity contribution is 0.558. The van der Waals surface area contributed by atoms with Crippen LogP contribution < -0.4 is 5.56 Å². The molecular weight excluding hydrogens is 191 g/mol. The Kier molecular flexibility index (Phi) is 1.61. The van der Waals surface area contributed by atoms with Crippen LogP contribution in [-0.2, 0) is 0 Å². The molecular formula is C4H2BrFN2O. The average molecular weight is 193 g/mol. The molecule has 1 aromatic rings. The van der Waals surface area contributed by atoms with Crippen LogP contribution in [0.4, 0.5) is 4.39 Å². The third kappa shape index (κ3) is 1.35. The van der Waals surface area contributed by atoms with Crippen LogP contribution >= 0.6 is 15.9 Å². The van der Waals surface area contributed by atoms with Crippen molar-refractivity contribution in [1.82, 2.24) is 10.2 Å². The maximum atomic E-state index is 12.0. The predicted octanol–water partition coefficient (Wildman–Crippen LogP) is 0.671. The molecule has 1 heterocycles. The van der Waals surface area contributed by atoms with E-state index in [1.165, 1.54) is 0 Å². The number of aromatic amines is 1. The van der Waals surface area contributed by atoms with E-state index in [1.54, 1.807) is 0 Å². The van der Waals surface area contributed by atoms with E-state index in [9.17, 15) is 9.18 Å². The summed E-state index contributed by atoms with van der Waals surface area (Å²) in [5.41, 5.74) is -0.434. The highest BCUT2D eigenvalue weighted by atomic mass is 79.9. The minimum atomic E-state index is -0.707. The summed E-state index contributed by atoms with van der Waals surface area (Å²) in [6.45, 7) is 0. The lowest BCUT2D eigenvalue weighted by Gasteiger charge is -1.85. The number of aromatic nitrogens is 2. The van der Waals surface area contributed by atoms with Gasteiger partial charge in [-0.25, -0.2) is 5.10 Å². The van der Waals surface area contributed by atoms with Crippen molar-refractivity contribution in [2.75, 3.05) is 0 Å². The molecule has 0 fully saturated rings. The van der Waals surface area contributed by atoms with Gasteiger partial charge in [0.1, 0.15) is 0 Å². The number of hydrogen-bond acceptors (Lipinski definition) is 2. The fourth-order valence-electron chi connectivity index (χ4n) is 0.360. The molecule has 0 radical (unpaired) electrons. The highest BCUT2D eigenvalue weighted by Crippen LogP contribution is 1.99. The number of nitrogens with zero attached hydrogens (tertiary/aromatic N) is 1. The molecule has 0 aliphatic heterocycles. The molecule has 48 valence electrons. The third-order valence-corrected chi connectivity index (χ3v) is 1.32. The monoisotopic (exact) mass is 192 g/mol. The molecule has 0 saturated carbocycles. The molecule has 1 aromatic heterocycles. The Morgan fingerprint density at radius 1 is 1.78 bits per heavy atom.